The Morgan fingerprint density at radius 2 is 2.28 bits per heavy atom. The predicted octanol–water partition coefficient (Wildman–Crippen LogP) is 2.40. The van der Waals surface area contributed by atoms with Gasteiger partial charge in [0.2, 0.25) is 5.82 Å². The van der Waals surface area contributed by atoms with Gasteiger partial charge in [0.25, 0.3) is 5.69 Å². The predicted molar refractivity (Wildman–Crippen MR) is 67.6 cm³/mol. The zero-order valence-electron chi connectivity index (χ0n) is 8.67. The molecule has 0 radical (unpaired) electrons. The smallest absolute Gasteiger partial charge is 0.285 e. The number of hydrogen-bond donors (Lipinski definition) is 0. The minimum atomic E-state index is -0.627. The van der Waals surface area contributed by atoms with Gasteiger partial charge < -0.3 is 0 Å². The molecule has 0 atom stereocenters. The molecule has 0 aliphatic rings. The van der Waals surface area contributed by atoms with E-state index >= 15 is 0 Å². The van der Waals surface area contributed by atoms with Crippen molar-refractivity contribution in [1.82, 2.24) is 9.55 Å². The summed E-state index contributed by atoms with van der Waals surface area (Å²) >= 11 is 1.67. The van der Waals surface area contributed by atoms with Crippen LogP contribution in [0.1, 0.15) is 5.82 Å². The van der Waals surface area contributed by atoms with Crippen molar-refractivity contribution in [2.24, 2.45) is 0 Å². The molecule has 1 aromatic carbocycles. The highest BCUT2D eigenvalue weighted by atomic mass is 127. The molecule has 1 aromatic heterocycles. The highest BCUT2D eigenvalue weighted by Gasteiger charge is 2.20. The molecular weight excluding hydrogens is 354 g/mol. The van der Waals surface area contributed by atoms with E-state index in [9.17, 15) is 14.5 Å². The van der Waals surface area contributed by atoms with Crippen LogP contribution in [-0.4, -0.2) is 14.5 Å². The van der Waals surface area contributed by atoms with Crippen LogP contribution in [0.5, 0.6) is 0 Å². The van der Waals surface area contributed by atoms with Gasteiger partial charge >= 0.3 is 0 Å². The van der Waals surface area contributed by atoms with Gasteiger partial charge in [-0.25, -0.2) is 9.37 Å². The Labute approximate surface area is 114 Å². The minimum Gasteiger partial charge on any atom is -0.285 e. The first kappa shape index (κ1) is 12.4. The molecule has 0 aliphatic heterocycles. The summed E-state index contributed by atoms with van der Waals surface area (Å²) < 4.78 is 14.8. The molecule has 2 aromatic rings. The van der Waals surface area contributed by atoms with Gasteiger partial charge in [-0.3, -0.25) is 14.7 Å². The van der Waals surface area contributed by atoms with Crippen molar-refractivity contribution in [2.45, 2.75) is 0 Å². The zero-order valence-corrected chi connectivity index (χ0v) is 10.8. The molecule has 0 aliphatic carbocycles. The lowest BCUT2D eigenvalue weighted by atomic mass is 10.2. The SMILES string of the molecule is N#Cc1nccn1-c1cc(F)c(I)cc1[N+](=O)[O-]. The van der Waals surface area contributed by atoms with Crippen LogP contribution in [0.25, 0.3) is 5.69 Å². The molecule has 1 heterocycles. The highest BCUT2D eigenvalue weighted by molar-refractivity contribution is 14.1. The van der Waals surface area contributed by atoms with Crippen molar-refractivity contribution >= 4 is 28.3 Å². The number of hydrogen-bond acceptors (Lipinski definition) is 4. The molecule has 0 saturated carbocycles. The fourth-order valence-corrected chi connectivity index (χ4v) is 1.90. The first-order chi connectivity index (χ1) is 8.54. The molecule has 6 nitrogen and oxygen atoms in total. The van der Waals surface area contributed by atoms with E-state index in [-0.39, 0.29) is 20.8 Å². The van der Waals surface area contributed by atoms with E-state index in [2.05, 4.69) is 4.98 Å². The first-order valence-electron chi connectivity index (χ1n) is 4.62. The monoisotopic (exact) mass is 358 g/mol. The number of rotatable bonds is 2. The average molecular weight is 358 g/mol. The van der Waals surface area contributed by atoms with Crippen LogP contribution in [0.4, 0.5) is 10.1 Å². The van der Waals surface area contributed by atoms with Crippen molar-refractivity contribution in [3.05, 3.63) is 49.9 Å². The number of nitriles is 1. The maximum Gasteiger partial charge on any atom is 0.294 e. The Kier molecular flexibility index (Phi) is 3.24. The molecule has 8 heteroatoms. The third-order valence-electron chi connectivity index (χ3n) is 2.21. The number of nitro benzene ring substituents is 1. The Morgan fingerprint density at radius 1 is 1.56 bits per heavy atom. The van der Waals surface area contributed by atoms with Crippen molar-refractivity contribution in [1.29, 1.82) is 5.26 Å². The Morgan fingerprint density at radius 3 is 2.89 bits per heavy atom. The maximum absolute atomic E-state index is 13.5. The molecule has 0 amide bonds. The second kappa shape index (κ2) is 4.69. The lowest BCUT2D eigenvalue weighted by Gasteiger charge is -2.06. The third-order valence-corrected chi connectivity index (χ3v) is 3.04. The zero-order chi connectivity index (χ0) is 13.3. The van der Waals surface area contributed by atoms with E-state index in [4.69, 9.17) is 5.26 Å². The Hall–Kier alpha value is -2.02. The minimum absolute atomic E-state index is 0.0213. The molecule has 0 fully saturated rings. The van der Waals surface area contributed by atoms with E-state index in [1.165, 1.54) is 17.0 Å². The molecule has 0 spiro atoms. The van der Waals surface area contributed by atoms with Crippen LogP contribution in [0, 0.1) is 30.8 Å². The maximum atomic E-state index is 13.5. The lowest BCUT2D eigenvalue weighted by molar-refractivity contribution is -0.384. The van der Waals surface area contributed by atoms with Crippen molar-refractivity contribution in [3.8, 4) is 11.8 Å². The summed E-state index contributed by atoms with van der Waals surface area (Å²) in [6, 6.07) is 3.91. The normalized spacial score (nSPS) is 10.1. The number of nitrogens with zero attached hydrogens (tertiary/aromatic N) is 4. The van der Waals surface area contributed by atoms with Crippen molar-refractivity contribution in [2.75, 3.05) is 0 Å². The van der Waals surface area contributed by atoms with Gasteiger partial charge in [0.05, 0.1) is 8.49 Å². The fourth-order valence-electron chi connectivity index (χ4n) is 1.45. The second-order valence-electron chi connectivity index (χ2n) is 3.24. The summed E-state index contributed by atoms with van der Waals surface area (Å²) in [7, 11) is 0. The van der Waals surface area contributed by atoms with Crippen molar-refractivity contribution in [3.63, 3.8) is 0 Å². The van der Waals surface area contributed by atoms with Crippen molar-refractivity contribution < 1.29 is 9.31 Å². The van der Waals surface area contributed by atoms with E-state index in [0.29, 0.717) is 0 Å². The molecule has 0 saturated heterocycles. The third kappa shape index (κ3) is 2.04. The molecule has 0 unspecified atom stereocenters. The highest BCUT2D eigenvalue weighted by Crippen LogP contribution is 2.28. The van der Waals surface area contributed by atoms with Gasteiger partial charge in [-0.15, -0.1) is 0 Å². The number of benzene rings is 1. The molecule has 90 valence electrons. The summed E-state index contributed by atoms with van der Waals surface area (Å²) in [6.07, 6.45) is 2.69. The van der Waals surface area contributed by atoms with Crippen LogP contribution in [0.15, 0.2) is 24.5 Å². The van der Waals surface area contributed by atoms with Gasteiger partial charge in [-0.1, -0.05) is 0 Å². The molecule has 0 bridgehead atoms. The van der Waals surface area contributed by atoms with Gasteiger partial charge in [0.1, 0.15) is 17.6 Å². The molecular formula is C10H4FIN4O2. The van der Waals surface area contributed by atoms with E-state index in [1.54, 1.807) is 28.7 Å². The summed E-state index contributed by atoms with van der Waals surface area (Å²) in [6.45, 7) is 0. The van der Waals surface area contributed by atoms with Crippen LogP contribution < -0.4 is 0 Å². The Balaban J connectivity index is 2.75. The quantitative estimate of drug-likeness (QED) is 0.469. The Bertz CT molecular complexity index is 677. The van der Waals surface area contributed by atoms with Gasteiger partial charge in [-0.05, 0) is 22.6 Å². The van der Waals surface area contributed by atoms with Crippen LogP contribution >= 0.6 is 22.6 Å². The lowest BCUT2D eigenvalue weighted by Crippen LogP contribution is -2.03. The van der Waals surface area contributed by atoms with Crippen LogP contribution in [0.2, 0.25) is 0 Å². The number of aromatic nitrogens is 2. The number of halogens is 2. The molecule has 18 heavy (non-hydrogen) atoms. The summed E-state index contributed by atoms with van der Waals surface area (Å²) in [4.78, 5) is 14.0. The first-order valence-corrected chi connectivity index (χ1v) is 5.69. The van der Waals surface area contributed by atoms with E-state index in [1.807, 2.05) is 0 Å². The van der Waals surface area contributed by atoms with Gasteiger partial charge in [0.15, 0.2) is 0 Å². The fraction of sp³-hybridized carbons (Fsp3) is 0. The molecule has 0 N–H and O–H groups in total. The van der Waals surface area contributed by atoms with E-state index < -0.39 is 10.7 Å². The number of imidazole rings is 1. The molecule has 2 rings (SSSR count). The topological polar surface area (TPSA) is 84.8 Å². The van der Waals surface area contributed by atoms with Crippen LogP contribution in [0.3, 0.4) is 0 Å². The van der Waals surface area contributed by atoms with E-state index in [0.717, 1.165) is 12.1 Å². The number of nitro groups is 1. The summed E-state index contributed by atoms with van der Waals surface area (Å²) in [5, 5.41) is 19.8. The second-order valence-corrected chi connectivity index (χ2v) is 4.41. The standard InChI is InChI=1S/C10H4FIN4O2/c11-6-3-8(9(16(17)18)4-7(6)12)15-2-1-14-10(15)5-13/h1-4H. The van der Waals surface area contributed by atoms with Gasteiger partial charge in [0, 0.05) is 24.5 Å². The summed E-state index contributed by atoms with van der Waals surface area (Å²) in [5.41, 5.74) is -0.303. The average Bonchev–Trinajstić information content (AvgIpc) is 2.79. The van der Waals surface area contributed by atoms with Crippen LogP contribution in [-0.2, 0) is 0 Å². The summed E-state index contributed by atoms with van der Waals surface area (Å²) in [5.74, 6) is -0.632. The largest absolute Gasteiger partial charge is 0.294 e. The van der Waals surface area contributed by atoms with Gasteiger partial charge in [-0.2, -0.15) is 5.26 Å².